The second-order valence-electron chi connectivity index (χ2n) is 10.2. The lowest BCUT2D eigenvalue weighted by molar-refractivity contribution is -0.0597. The normalized spacial score (nSPS) is 37.0. The fourth-order valence-electron chi connectivity index (χ4n) is 8.13. The van der Waals surface area contributed by atoms with E-state index in [1.54, 1.807) is 0 Å². The molecule has 29 heavy (non-hydrogen) atoms. The molecule has 0 N–H and O–H groups in total. The summed E-state index contributed by atoms with van der Waals surface area (Å²) < 4.78 is 6.54. The number of aryl methyl sites for hydroxylation is 1. The van der Waals surface area contributed by atoms with Crippen LogP contribution in [0.3, 0.4) is 0 Å². The van der Waals surface area contributed by atoms with Crippen molar-refractivity contribution in [1.29, 1.82) is 0 Å². The molecule has 1 aliphatic heterocycles. The Morgan fingerprint density at radius 3 is 2.41 bits per heavy atom. The maximum atomic E-state index is 6.54. The fourth-order valence-corrected chi connectivity index (χ4v) is 8.13. The maximum Gasteiger partial charge on any atom is 0.153 e. The first-order chi connectivity index (χ1) is 14.2. The monoisotopic (exact) mass is 384 g/mol. The fraction of sp³-hybridized carbons (Fsp3) is 0.500. The van der Waals surface area contributed by atoms with Gasteiger partial charge < -0.3 is 9.32 Å². The summed E-state index contributed by atoms with van der Waals surface area (Å²) in [6.07, 6.45) is 8.92. The minimum Gasteiger partial charge on any atom is -0.457 e. The average molecular weight is 385 g/mol. The van der Waals surface area contributed by atoms with Crippen LogP contribution in [0.5, 0.6) is 0 Å². The molecule has 148 valence electrons. The first kappa shape index (κ1) is 16.5. The van der Waals surface area contributed by atoms with Gasteiger partial charge in [-0.2, -0.15) is 0 Å². The minimum absolute atomic E-state index is 0.0495. The number of anilines is 1. The lowest BCUT2D eigenvalue weighted by Crippen LogP contribution is -2.62. The summed E-state index contributed by atoms with van der Waals surface area (Å²) in [5.41, 5.74) is 6.35. The van der Waals surface area contributed by atoms with Crippen LogP contribution in [0.2, 0.25) is 0 Å². The van der Waals surface area contributed by atoms with Gasteiger partial charge in [-0.3, -0.25) is 4.98 Å². The molecule has 4 saturated carbocycles. The number of rotatable bonds is 1. The van der Waals surface area contributed by atoms with Gasteiger partial charge in [-0.25, -0.2) is 0 Å². The number of nitrogens with zero attached hydrogens (tertiary/aromatic N) is 2. The number of pyridine rings is 1. The molecule has 8 rings (SSSR count). The highest BCUT2D eigenvalue weighted by Crippen LogP contribution is 2.69. The summed E-state index contributed by atoms with van der Waals surface area (Å²) in [6, 6.07) is 13.3. The van der Waals surface area contributed by atoms with Gasteiger partial charge in [0.2, 0.25) is 0 Å². The van der Waals surface area contributed by atoms with Crippen molar-refractivity contribution in [2.75, 3.05) is 4.90 Å². The van der Waals surface area contributed by atoms with E-state index in [-0.39, 0.29) is 11.6 Å². The summed E-state index contributed by atoms with van der Waals surface area (Å²) in [7, 11) is 0. The van der Waals surface area contributed by atoms with Gasteiger partial charge in [0.1, 0.15) is 11.3 Å². The van der Waals surface area contributed by atoms with Gasteiger partial charge >= 0.3 is 0 Å². The van der Waals surface area contributed by atoms with Gasteiger partial charge in [0.25, 0.3) is 0 Å². The summed E-state index contributed by atoms with van der Waals surface area (Å²) >= 11 is 0. The van der Waals surface area contributed by atoms with Crippen LogP contribution in [0.1, 0.15) is 62.0 Å². The van der Waals surface area contributed by atoms with Crippen LogP contribution < -0.4 is 4.90 Å². The van der Waals surface area contributed by atoms with Crippen molar-refractivity contribution in [2.24, 2.45) is 23.7 Å². The largest absolute Gasteiger partial charge is 0.457 e. The number of furan rings is 1. The smallest absolute Gasteiger partial charge is 0.153 e. The highest BCUT2D eigenvalue weighted by atomic mass is 16.3. The molecule has 1 spiro atoms. The number of hydrogen-bond acceptors (Lipinski definition) is 3. The number of hydrogen-bond donors (Lipinski definition) is 0. The molecule has 3 aromatic rings. The number of fused-ring (bicyclic) bond motifs is 3. The SMILES string of the molecule is Cc1ccccc1N1[C@@H](C)c2oc3cccnc3c2C12C1CC3CC(C1)CC2C3. The van der Waals surface area contributed by atoms with Crippen molar-refractivity contribution < 1.29 is 4.42 Å². The third kappa shape index (κ3) is 1.88. The van der Waals surface area contributed by atoms with Gasteiger partial charge in [0, 0.05) is 17.4 Å². The standard InChI is InChI=1S/C26H28N2O/c1-15-6-3-4-7-21(15)28-16(2)25-23(24-22(29-25)8-5-9-27-24)26(28)19-11-17-10-18(13-19)14-20(26)12-17/h3-9,16-20H,10-14H2,1-2H3/t16-,17?,18?,19?,20?,26?/m0/s1. The Labute approximate surface area is 172 Å². The summed E-state index contributed by atoms with van der Waals surface area (Å²) in [4.78, 5) is 7.67. The Bertz CT molecular complexity index is 1100. The van der Waals surface area contributed by atoms with Crippen LogP contribution in [0.15, 0.2) is 47.0 Å². The summed E-state index contributed by atoms with van der Waals surface area (Å²) in [6.45, 7) is 4.62. The van der Waals surface area contributed by atoms with Crippen molar-refractivity contribution in [1.82, 2.24) is 4.98 Å². The lowest BCUT2D eigenvalue weighted by atomic mass is 9.47. The first-order valence-electron chi connectivity index (χ1n) is 11.4. The van der Waals surface area contributed by atoms with Gasteiger partial charge in [-0.1, -0.05) is 18.2 Å². The molecule has 3 nitrogen and oxygen atoms in total. The molecule has 5 aliphatic rings. The molecule has 0 saturated heterocycles. The van der Waals surface area contributed by atoms with Crippen molar-refractivity contribution in [3.05, 3.63) is 59.5 Å². The second-order valence-corrected chi connectivity index (χ2v) is 10.2. The topological polar surface area (TPSA) is 29.3 Å². The highest BCUT2D eigenvalue weighted by molar-refractivity contribution is 5.83. The van der Waals surface area contributed by atoms with Gasteiger partial charge in [0.15, 0.2) is 5.58 Å². The molecule has 3 heteroatoms. The quantitative estimate of drug-likeness (QED) is 0.488. The van der Waals surface area contributed by atoms with E-state index in [4.69, 9.17) is 9.40 Å². The van der Waals surface area contributed by atoms with E-state index in [9.17, 15) is 0 Å². The van der Waals surface area contributed by atoms with Crippen LogP contribution >= 0.6 is 0 Å². The van der Waals surface area contributed by atoms with Gasteiger partial charge in [0.05, 0.1) is 11.6 Å². The molecule has 1 atom stereocenters. The number of benzene rings is 1. The van der Waals surface area contributed by atoms with Crippen molar-refractivity contribution in [3.63, 3.8) is 0 Å². The van der Waals surface area contributed by atoms with E-state index >= 15 is 0 Å². The third-order valence-electron chi connectivity index (χ3n) is 8.80. The van der Waals surface area contributed by atoms with E-state index in [0.717, 1.165) is 22.9 Å². The third-order valence-corrected chi connectivity index (χ3v) is 8.80. The minimum atomic E-state index is 0.0495. The number of para-hydroxylation sites is 1. The Morgan fingerprint density at radius 1 is 0.966 bits per heavy atom. The first-order valence-corrected chi connectivity index (χ1v) is 11.4. The van der Waals surface area contributed by atoms with E-state index < -0.39 is 0 Å². The van der Waals surface area contributed by atoms with Crippen LogP contribution in [0.4, 0.5) is 5.69 Å². The van der Waals surface area contributed by atoms with Crippen molar-refractivity contribution in [3.8, 4) is 0 Å². The zero-order chi connectivity index (χ0) is 19.3. The highest BCUT2D eigenvalue weighted by Gasteiger charge is 2.66. The van der Waals surface area contributed by atoms with E-state index in [2.05, 4.69) is 49.1 Å². The van der Waals surface area contributed by atoms with E-state index in [1.807, 2.05) is 12.3 Å². The predicted molar refractivity (Wildman–Crippen MR) is 115 cm³/mol. The Morgan fingerprint density at radius 2 is 1.69 bits per heavy atom. The molecule has 4 aliphatic carbocycles. The zero-order valence-corrected chi connectivity index (χ0v) is 17.3. The summed E-state index contributed by atoms with van der Waals surface area (Å²) in [5.74, 6) is 4.48. The van der Waals surface area contributed by atoms with Gasteiger partial charge in [-0.05, 0) is 93.4 Å². The number of aromatic nitrogens is 1. The molecule has 0 amide bonds. The Balaban J connectivity index is 1.55. The van der Waals surface area contributed by atoms with Crippen LogP contribution in [0, 0.1) is 30.6 Å². The predicted octanol–water partition coefficient (Wildman–Crippen LogP) is 6.37. The molecule has 0 unspecified atom stereocenters. The maximum absolute atomic E-state index is 6.54. The van der Waals surface area contributed by atoms with E-state index in [0.29, 0.717) is 11.8 Å². The lowest BCUT2D eigenvalue weighted by Gasteiger charge is -2.63. The second kappa shape index (κ2) is 5.44. The average Bonchev–Trinajstić information content (AvgIpc) is 3.21. The van der Waals surface area contributed by atoms with Crippen LogP contribution in [-0.2, 0) is 5.54 Å². The molecular weight excluding hydrogens is 356 g/mol. The zero-order valence-electron chi connectivity index (χ0n) is 17.3. The van der Waals surface area contributed by atoms with E-state index in [1.165, 1.54) is 54.7 Å². The van der Waals surface area contributed by atoms with Crippen molar-refractivity contribution >= 4 is 16.8 Å². The molecular formula is C26H28N2O. The van der Waals surface area contributed by atoms with Crippen LogP contribution in [-0.4, -0.2) is 4.98 Å². The van der Waals surface area contributed by atoms with Gasteiger partial charge in [-0.15, -0.1) is 0 Å². The summed E-state index contributed by atoms with van der Waals surface area (Å²) in [5, 5.41) is 0. The van der Waals surface area contributed by atoms with Crippen LogP contribution in [0.25, 0.3) is 11.1 Å². The molecule has 2 aromatic heterocycles. The molecule has 3 heterocycles. The molecule has 4 bridgehead atoms. The van der Waals surface area contributed by atoms with Crippen molar-refractivity contribution in [2.45, 2.75) is 57.5 Å². The molecule has 0 radical (unpaired) electrons. The molecule has 1 aromatic carbocycles. The Hall–Kier alpha value is -2.29. The molecule has 4 fully saturated rings. The Kier molecular flexibility index (Phi) is 3.10.